The summed E-state index contributed by atoms with van der Waals surface area (Å²) in [6, 6.07) is 9.40. The highest BCUT2D eigenvalue weighted by molar-refractivity contribution is 5.81. The smallest absolute Gasteiger partial charge is 0.311 e. The van der Waals surface area contributed by atoms with Crippen molar-refractivity contribution in [2.45, 2.75) is 13.0 Å². The van der Waals surface area contributed by atoms with Crippen LogP contribution in [-0.2, 0) is 29.6 Å². The van der Waals surface area contributed by atoms with E-state index in [0.717, 1.165) is 5.75 Å². The second-order valence-electron chi connectivity index (χ2n) is 5.54. The molecule has 1 aromatic carbocycles. The van der Waals surface area contributed by atoms with Crippen LogP contribution in [0.25, 0.3) is 16.9 Å². The first-order valence-corrected chi connectivity index (χ1v) is 7.84. The zero-order chi connectivity index (χ0) is 18.1. The molecule has 3 aromatic heterocycles. The summed E-state index contributed by atoms with van der Waals surface area (Å²) in [5.41, 5.74) is 1.54. The second-order valence-corrected chi connectivity index (χ2v) is 5.54. The highest BCUT2D eigenvalue weighted by Crippen LogP contribution is 2.17. The highest BCUT2D eigenvalue weighted by atomic mass is 16.5. The van der Waals surface area contributed by atoms with E-state index >= 15 is 0 Å². The number of nitrogens with zero attached hydrogens (tertiary/aromatic N) is 7. The molecule has 0 aliphatic carbocycles. The molecule has 132 valence electrons. The Morgan fingerprint density at radius 1 is 1.15 bits per heavy atom. The van der Waals surface area contributed by atoms with Crippen LogP contribution in [0.3, 0.4) is 0 Å². The molecular formula is C16H15N7O3. The number of fused-ring (bicyclic) bond motifs is 3. The number of para-hydroxylation sites is 1. The zero-order valence-electron chi connectivity index (χ0n) is 14.2. The highest BCUT2D eigenvalue weighted by Gasteiger charge is 2.19. The number of hydrogen-bond donors (Lipinski definition) is 0. The Morgan fingerprint density at radius 3 is 2.73 bits per heavy atom. The van der Waals surface area contributed by atoms with Crippen molar-refractivity contribution in [1.82, 2.24) is 34.6 Å². The van der Waals surface area contributed by atoms with Crippen molar-refractivity contribution >= 4 is 22.9 Å². The minimum Gasteiger partial charge on any atom is -0.486 e. The van der Waals surface area contributed by atoms with Crippen LogP contribution in [0.4, 0.5) is 0 Å². The molecule has 0 aliphatic rings. The molecule has 0 saturated heterocycles. The van der Waals surface area contributed by atoms with Gasteiger partial charge in [-0.2, -0.15) is 14.6 Å². The molecule has 3 heterocycles. The van der Waals surface area contributed by atoms with Crippen molar-refractivity contribution in [3.63, 3.8) is 0 Å². The molecule has 0 bridgehead atoms. The molecule has 0 saturated carbocycles. The summed E-state index contributed by atoms with van der Waals surface area (Å²) in [6.07, 6.45) is 0.00665. The van der Waals surface area contributed by atoms with E-state index in [2.05, 4.69) is 25.4 Å². The Labute approximate surface area is 147 Å². The van der Waals surface area contributed by atoms with Gasteiger partial charge in [-0.3, -0.25) is 4.79 Å². The SMILES string of the molecule is COC(=O)Cc1nn(C)c2c1nnc1nc(COc3ccccc3)nn12. The molecule has 4 rings (SSSR count). The lowest BCUT2D eigenvalue weighted by atomic mass is 10.3. The van der Waals surface area contributed by atoms with E-state index in [-0.39, 0.29) is 13.0 Å². The quantitative estimate of drug-likeness (QED) is 0.482. The van der Waals surface area contributed by atoms with Gasteiger partial charge >= 0.3 is 5.97 Å². The maximum absolute atomic E-state index is 11.6. The van der Waals surface area contributed by atoms with Crippen molar-refractivity contribution < 1.29 is 14.3 Å². The summed E-state index contributed by atoms with van der Waals surface area (Å²) in [7, 11) is 3.07. The number of carbonyl (C=O) groups excluding carboxylic acids is 1. The van der Waals surface area contributed by atoms with E-state index in [1.165, 1.54) is 7.11 Å². The molecule has 0 unspecified atom stereocenters. The first-order valence-electron chi connectivity index (χ1n) is 7.84. The molecule has 0 aliphatic heterocycles. The van der Waals surface area contributed by atoms with Gasteiger partial charge in [-0.1, -0.05) is 18.2 Å². The molecule has 4 aromatic rings. The average molecular weight is 353 g/mol. The van der Waals surface area contributed by atoms with Crippen LogP contribution in [0.1, 0.15) is 11.5 Å². The predicted molar refractivity (Wildman–Crippen MR) is 89.3 cm³/mol. The van der Waals surface area contributed by atoms with E-state index in [9.17, 15) is 4.79 Å². The molecular weight excluding hydrogens is 338 g/mol. The summed E-state index contributed by atoms with van der Waals surface area (Å²) in [5, 5.41) is 17.0. The molecule has 0 radical (unpaired) electrons. The largest absolute Gasteiger partial charge is 0.486 e. The first kappa shape index (κ1) is 15.9. The number of rotatable bonds is 5. The van der Waals surface area contributed by atoms with Crippen LogP contribution >= 0.6 is 0 Å². The number of methoxy groups -OCH3 is 1. The van der Waals surface area contributed by atoms with E-state index < -0.39 is 5.97 Å². The number of aromatic nitrogens is 7. The lowest BCUT2D eigenvalue weighted by molar-refractivity contribution is -0.139. The van der Waals surface area contributed by atoms with Gasteiger partial charge in [0, 0.05) is 7.05 Å². The lowest BCUT2D eigenvalue weighted by Crippen LogP contribution is -2.06. The van der Waals surface area contributed by atoms with Crippen LogP contribution < -0.4 is 4.74 Å². The molecule has 0 spiro atoms. The van der Waals surface area contributed by atoms with E-state index in [4.69, 9.17) is 9.47 Å². The number of benzene rings is 1. The maximum Gasteiger partial charge on any atom is 0.311 e. The molecule has 0 N–H and O–H groups in total. The zero-order valence-corrected chi connectivity index (χ0v) is 14.2. The average Bonchev–Trinajstić information content (AvgIpc) is 3.21. The molecule has 10 heteroatoms. The normalized spacial score (nSPS) is 11.2. The Hall–Kier alpha value is -3.56. The van der Waals surface area contributed by atoms with Gasteiger partial charge in [0.15, 0.2) is 17.0 Å². The third-order valence-corrected chi connectivity index (χ3v) is 3.79. The minimum atomic E-state index is -0.401. The van der Waals surface area contributed by atoms with Crippen molar-refractivity contribution in [2.24, 2.45) is 7.05 Å². The molecule has 0 amide bonds. The monoisotopic (exact) mass is 353 g/mol. The number of hydrogen-bond acceptors (Lipinski definition) is 8. The maximum atomic E-state index is 11.6. The van der Waals surface area contributed by atoms with Gasteiger partial charge in [0.1, 0.15) is 18.1 Å². The third-order valence-electron chi connectivity index (χ3n) is 3.79. The third kappa shape index (κ3) is 2.81. The summed E-state index contributed by atoms with van der Waals surface area (Å²) >= 11 is 0. The van der Waals surface area contributed by atoms with Crippen LogP contribution in [0.5, 0.6) is 5.75 Å². The van der Waals surface area contributed by atoms with Gasteiger partial charge in [0.25, 0.3) is 5.78 Å². The first-order chi connectivity index (χ1) is 12.7. The van der Waals surface area contributed by atoms with Crippen LogP contribution in [0.15, 0.2) is 30.3 Å². The number of ether oxygens (including phenoxy) is 2. The van der Waals surface area contributed by atoms with E-state index in [0.29, 0.717) is 28.5 Å². The van der Waals surface area contributed by atoms with Gasteiger partial charge in [-0.25, -0.2) is 4.68 Å². The lowest BCUT2D eigenvalue weighted by Gasteiger charge is -2.01. The minimum absolute atomic E-state index is 0.00665. The standard InChI is InChI=1S/C16H15N7O3/c1-22-15-14(11(20-22)8-13(24)25-2)18-19-16-17-12(21-23(15)16)9-26-10-6-4-3-5-7-10/h3-7H,8-9H2,1-2H3. The fourth-order valence-electron chi connectivity index (χ4n) is 2.60. The summed E-state index contributed by atoms with van der Waals surface area (Å²) in [5.74, 6) is 1.12. The number of aryl methyl sites for hydroxylation is 1. The fourth-order valence-corrected chi connectivity index (χ4v) is 2.60. The topological polar surface area (TPSA) is 109 Å². The Bertz CT molecular complexity index is 1090. The van der Waals surface area contributed by atoms with Gasteiger partial charge in [-0.15, -0.1) is 15.3 Å². The van der Waals surface area contributed by atoms with Crippen LogP contribution in [0.2, 0.25) is 0 Å². The fraction of sp³-hybridized carbons (Fsp3) is 0.250. The van der Waals surface area contributed by atoms with Gasteiger partial charge in [0.2, 0.25) is 0 Å². The second kappa shape index (κ2) is 6.39. The Balaban J connectivity index is 1.69. The molecule has 10 nitrogen and oxygen atoms in total. The van der Waals surface area contributed by atoms with Crippen molar-refractivity contribution in [1.29, 1.82) is 0 Å². The summed E-state index contributed by atoms with van der Waals surface area (Å²) in [4.78, 5) is 15.9. The van der Waals surface area contributed by atoms with Crippen molar-refractivity contribution in [3.05, 3.63) is 41.9 Å². The van der Waals surface area contributed by atoms with E-state index in [1.54, 1.807) is 16.2 Å². The van der Waals surface area contributed by atoms with Crippen LogP contribution in [0, 0.1) is 0 Å². The number of carbonyl (C=O) groups is 1. The van der Waals surface area contributed by atoms with E-state index in [1.807, 2.05) is 30.3 Å². The predicted octanol–water partition coefficient (Wildman–Crippen LogP) is 0.700. The molecule has 26 heavy (non-hydrogen) atoms. The number of esters is 1. The molecule has 0 fully saturated rings. The van der Waals surface area contributed by atoms with Crippen LogP contribution in [-0.4, -0.2) is 47.7 Å². The summed E-state index contributed by atoms with van der Waals surface area (Å²) < 4.78 is 13.5. The molecule has 0 atom stereocenters. The van der Waals surface area contributed by atoms with Gasteiger partial charge in [-0.05, 0) is 12.1 Å². The van der Waals surface area contributed by atoms with Gasteiger partial charge < -0.3 is 9.47 Å². The van der Waals surface area contributed by atoms with Crippen molar-refractivity contribution in [2.75, 3.05) is 7.11 Å². The Morgan fingerprint density at radius 2 is 1.96 bits per heavy atom. The van der Waals surface area contributed by atoms with Gasteiger partial charge in [0.05, 0.1) is 13.5 Å². The summed E-state index contributed by atoms with van der Waals surface area (Å²) in [6.45, 7) is 0.196. The Kier molecular flexibility index (Phi) is 3.92. The van der Waals surface area contributed by atoms with Crippen molar-refractivity contribution in [3.8, 4) is 5.75 Å².